The van der Waals surface area contributed by atoms with Crippen molar-refractivity contribution < 1.29 is 43.7 Å². The van der Waals surface area contributed by atoms with E-state index in [2.05, 4.69) is 4.52 Å². The standard InChI is InChI=1S/C7H13O9P/c8-1-3-5(9)7(11)6(10)4(16-3)2-15-17(12,13)14/h1,3-7,9-11H,2H2,(H2,12,13,14)/t3-,4?,5?,6+,7+/m0/s1. The fourth-order valence-corrected chi connectivity index (χ4v) is 1.74. The molecule has 100 valence electrons. The van der Waals surface area contributed by atoms with E-state index in [9.17, 15) is 24.7 Å². The first-order valence-electron chi connectivity index (χ1n) is 4.61. The van der Waals surface area contributed by atoms with E-state index >= 15 is 0 Å². The number of rotatable bonds is 4. The Labute approximate surface area is 95.8 Å². The van der Waals surface area contributed by atoms with E-state index in [4.69, 9.17) is 14.5 Å². The van der Waals surface area contributed by atoms with Crippen LogP contribution in [0.25, 0.3) is 0 Å². The molecule has 5 N–H and O–H groups in total. The Bertz CT molecular complexity index is 314. The Hall–Kier alpha value is -0.380. The molecule has 1 aliphatic rings. The molecule has 1 aliphatic heterocycles. The van der Waals surface area contributed by atoms with Gasteiger partial charge in [0.1, 0.15) is 30.5 Å². The van der Waals surface area contributed by atoms with Crippen LogP contribution in [0.4, 0.5) is 0 Å². The molecular formula is C7H13O9P. The molecule has 10 heteroatoms. The van der Waals surface area contributed by atoms with Gasteiger partial charge in [-0.1, -0.05) is 0 Å². The molecule has 0 saturated carbocycles. The zero-order chi connectivity index (χ0) is 13.2. The molecule has 0 aromatic carbocycles. The third-order valence-corrected chi connectivity index (χ3v) is 2.78. The van der Waals surface area contributed by atoms with Gasteiger partial charge >= 0.3 is 7.82 Å². The maximum absolute atomic E-state index is 10.5. The number of aliphatic hydroxyl groups is 3. The van der Waals surface area contributed by atoms with Crippen molar-refractivity contribution in [1.29, 1.82) is 0 Å². The summed E-state index contributed by atoms with van der Waals surface area (Å²) in [6.45, 7) is -0.723. The van der Waals surface area contributed by atoms with E-state index in [1.54, 1.807) is 0 Å². The van der Waals surface area contributed by atoms with Gasteiger partial charge in [-0.05, 0) is 0 Å². The molecule has 0 bridgehead atoms. The number of phosphoric ester groups is 1. The number of ether oxygens (including phenoxy) is 1. The molecule has 0 aromatic heterocycles. The summed E-state index contributed by atoms with van der Waals surface area (Å²) in [7, 11) is -4.75. The van der Waals surface area contributed by atoms with Gasteiger partial charge in [-0.15, -0.1) is 0 Å². The van der Waals surface area contributed by atoms with Crippen LogP contribution in [0.2, 0.25) is 0 Å². The van der Waals surface area contributed by atoms with Crippen LogP contribution < -0.4 is 0 Å². The SMILES string of the molecule is O=C[C@@H]1OC(COP(=O)(O)O)[C@@H](O)[C@H](O)C1O. The van der Waals surface area contributed by atoms with Gasteiger partial charge in [0, 0.05) is 0 Å². The van der Waals surface area contributed by atoms with Gasteiger partial charge in [-0.3, -0.25) is 4.52 Å². The predicted molar refractivity (Wildman–Crippen MR) is 50.7 cm³/mol. The van der Waals surface area contributed by atoms with Crippen molar-refractivity contribution in [2.75, 3.05) is 6.61 Å². The van der Waals surface area contributed by atoms with Crippen molar-refractivity contribution in [3.05, 3.63) is 0 Å². The maximum Gasteiger partial charge on any atom is 0.469 e. The lowest BCUT2D eigenvalue weighted by atomic mass is 9.96. The first-order valence-corrected chi connectivity index (χ1v) is 6.14. The van der Waals surface area contributed by atoms with Crippen LogP contribution in [0.3, 0.4) is 0 Å². The highest BCUT2D eigenvalue weighted by Crippen LogP contribution is 2.36. The van der Waals surface area contributed by atoms with Crippen LogP contribution >= 0.6 is 7.82 Å². The molecule has 1 rings (SSSR count). The molecule has 17 heavy (non-hydrogen) atoms. The van der Waals surface area contributed by atoms with Crippen LogP contribution in [0.5, 0.6) is 0 Å². The third-order valence-electron chi connectivity index (χ3n) is 2.29. The fourth-order valence-electron chi connectivity index (χ4n) is 1.40. The number of aliphatic hydroxyl groups excluding tert-OH is 3. The molecule has 0 aromatic rings. The zero-order valence-electron chi connectivity index (χ0n) is 8.49. The average Bonchev–Trinajstić information content (AvgIpc) is 2.24. The van der Waals surface area contributed by atoms with Crippen molar-refractivity contribution in [1.82, 2.24) is 0 Å². The summed E-state index contributed by atoms with van der Waals surface area (Å²) in [5, 5.41) is 28.1. The first kappa shape index (κ1) is 14.7. The number of carbonyl (C=O) groups excluding carboxylic acids is 1. The average molecular weight is 272 g/mol. The Balaban J connectivity index is 2.66. The van der Waals surface area contributed by atoms with E-state index in [1.807, 2.05) is 0 Å². The van der Waals surface area contributed by atoms with Crippen LogP contribution in [0.15, 0.2) is 0 Å². The highest BCUT2D eigenvalue weighted by Gasteiger charge is 2.44. The predicted octanol–water partition coefficient (Wildman–Crippen LogP) is -2.86. The van der Waals surface area contributed by atoms with E-state index in [-0.39, 0.29) is 6.29 Å². The normalized spacial score (nSPS) is 39.0. The molecule has 0 radical (unpaired) electrons. The molecular weight excluding hydrogens is 259 g/mol. The van der Waals surface area contributed by atoms with Gasteiger partial charge in [0.2, 0.25) is 0 Å². The minimum Gasteiger partial charge on any atom is -0.388 e. The number of hydrogen-bond acceptors (Lipinski definition) is 7. The molecule has 2 unspecified atom stereocenters. The molecule has 1 fully saturated rings. The van der Waals surface area contributed by atoms with E-state index in [1.165, 1.54) is 0 Å². The van der Waals surface area contributed by atoms with E-state index in [0.29, 0.717) is 0 Å². The van der Waals surface area contributed by atoms with Gasteiger partial charge in [-0.2, -0.15) is 0 Å². The van der Waals surface area contributed by atoms with Crippen LogP contribution in [-0.4, -0.2) is 68.5 Å². The molecule has 1 heterocycles. The molecule has 0 amide bonds. The van der Waals surface area contributed by atoms with Gasteiger partial charge in [0.25, 0.3) is 0 Å². The Kier molecular flexibility index (Phi) is 4.76. The molecule has 0 aliphatic carbocycles. The van der Waals surface area contributed by atoms with Gasteiger partial charge in [-0.25, -0.2) is 4.57 Å². The van der Waals surface area contributed by atoms with Gasteiger partial charge < -0.3 is 34.6 Å². The molecule has 1 saturated heterocycles. The smallest absolute Gasteiger partial charge is 0.388 e. The second-order valence-electron chi connectivity index (χ2n) is 3.53. The van der Waals surface area contributed by atoms with Crippen molar-refractivity contribution in [3.63, 3.8) is 0 Å². The quantitative estimate of drug-likeness (QED) is 0.268. The zero-order valence-corrected chi connectivity index (χ0v) is 9.38. The van der Waals surface area contributed by atoms with Gasteiger partial charge in [0.05, 0.1) is 6.61 Å². The summed E-state index contributed by atoms with van der Waals surface area (Å²) < 4.78 is 19.3. The minimum absolute atomic E-state index is 0.213. The number of aldehydes is 1. The van der Waals surface area contributed by atoms with E-state index < -0.39 is 44.9 Å². The lowest BCUT2D eigenvalue weighted by Gasteiger charge is -2.38. The highest BCUT2D eigenvalue weighted by atomic mass is 31.2. The van der Waals surface area contributed by atoms with Crippen LogP contribution in [0, 0.1) is 0 Å². The molecule has 0 spiro atoms. The number of phosphoric acid groups is 1. The van der Waals surface area contributed by atoms with Crippen LogP contribution in [-0.2, 0) is 18.6 Å². The first-order chi connectivity index (χ1) is 7.76. The van der Waals surface area contributed by atoms with Crippen LogP contribution in [0.1, 0.15) is 0 Å². The number of carbonyl (C=O) groups is 1. The topological polar surface area (TPSA) is 154 Å². The number of hydrogen-bond donors (Lipinski definition) is 5. The van der Waals surface area contributed by atoms with Crippen molar-refractivity contribution in [2.24, 2.45) is 0 Å². The highest BCUT2D eigenvalue weighted by molar-refractivity contribution is 7.46. The van der Waals surface area contributed by atoms with Crippen molar-refractivity contribution in [2.45, 2.75) is 30.5 Å². The molecule has 5 atom stereocenters. The Morgan fingerprint density at radius 1 is 1.18 bits per heavy atom. The van der Waals surface area contributed by atoms with Crippen molar-refractivity contribution >= 4 is 14.1 Å². The Morgan fingerprint density at radius 3 is 2.24 bits per heavy atom. The van der Waals surface area contributed by atoms with Gasteiger partial charge in [0.15, 0.2) is 6.29 Å². The third kappa shape index (κ3) is 3.80. The fraction of sp³-hybridized carbons (Fsp3) is 0.857. The largest absolute Gasteiger partial charge is 0.469 e. The summed E-state index contributed by atoms with van der Waals surface area (Å²) in [5.74, 6) is 0. The second kappa shape index (κ2) is 5.51. The monoisotopic (exact) mass is 272 g/mol. The summed E-state index contributed by atoms with van der Waals surface area (Å²) in [5.41, 5.74) is 0. The lowest BCUT2D eigenvalue weighted by molar-refractivity contribution is -0.220. The summed E-state index contributed by atoms with van der Waals surface area (Å²) >= 11 is 0. The Morgan fingerprint density at radius 2 is 1.76 bits per heavy atom. The summed E-state index contributed by atoms with van der Waals surface area (Å²) in [6, 6.07) is 0. The summed E-state index contributed by atoms with van der Waals surface area (Å²) in [4.78, 5) is 27.4. The van der Waals surface area contributed by atoms with Crippen molar-refractivity contribution in [3.8, 4) is 0 Å². The lowest BCUT2D eigenvalue weighted by Crippen LogP contribution is -2.59. The van der Waals surface area contributed by atoms with E-state index in [0.717, 1.165) is 0 Å². The maximum atomic E-state index is 10.5. The minimum atomic E-state index is -4.75. The molecule has 9 nitrogen and oxygen atoms in total. The second-order valence-corrected chi connectivity index (χ2v) is 4.77. The summed E-state index contributed by atoms with van der Waals surface area (Å²) in [6.07, 6.45) is -7.38.